The van der Waals surface area contributed by atoms with Crippen molar-refractivity contribution in [3.8, 4) is 5.75 Å². The third-order valence-electron chi connectivity index (χ3n) is 4.51. The first-order valence-electron chi connectivity index (χ1n) is 8.97. The molecule has 0 saturated carbocycles. The van der Waals surface area contributed by atoms with Crippen LogP contribution in [0.3, 0.4) is 0 Å². The summed E-state index contributed by atoms with van der Waals surface area (Å²) in [6.07, 6.45) is 3.33. The van der Waals surface area contributed by atoms with Crippen molar-refractivity contribution >= 4 is 50.8 Å². The third kappa shape index (κ3) is 4.78. The predicted molar refractivity (Wildman–Crippen MR) is 109 cm³/mol. The van der Waals surface area contributed by atoms with Gasteiger partial charge in [-0.05, 0) is 33.0 Å². The van der Waals surface area contributed by atoms with Crippen LogP contribution in [-0.4, -0.2) is 51.0 Å². The number of aromatic nitrogens is 4. The molecule has 3 aromatic rings. The van der Waals surface area contributed by atoms with Crippen molar-refractivity contribution in [2.75, 3.05) is 23.7 Å². The first-order chi connectivity index (χ1) is 14.0. The van der Waals surface area contributed by atoms with Gasteiger partial charge in [0.2, 0.25) is 0 Å². The summed E-state index contributed by atoms with van der Waals surface area (Å²) in [5.41, 5.74) is 1.25. The van der Waals surface area contributed by atoms with Gasteiger partial charge in [-0.3, -0.25) is 9.69 Å². The van der Waals surface area contributed by atoms with Gasteiger partial charge in [-0.15, -0.1) is 0 Å². The highest BCUT2D eigenvalue weighted by molar-refractivity contribution is 9.10. The van der Waals surface area contributed by atoms with Crippen molar-refractivity contribution in [2.24, 2.45) is 0 Å². The minimum atomic E-state index is -0.897. The minimum absolute atomic E-state index is 0.00233. The van der Waals surface area contributed by atoms with Crippen molar-refractivity contribution in [3.05, 3.63) is 34.7 Å². The van der Waals surface area contributed by atoms with Gasteiger partial charge in [0.05, 0.1) is 29.5 Å². The summed E-state index contributed by atoms with van der Waals surface area (Å²) in [5.74, 6) is -0.0778. The number of carboxylic acid groups (broad SMARTS) is 1. The van der Waals surface area contributed by atoms with E-state index in [0.717, 1.165) is 47.7 Å². The summed E-state index contributed by atoms with van der Waals surface area (Å²) < 4.78 is 20.1. The number of nitrogens with zero attached hydrogens (tertiary/aromatic N) is 3. The molecule has 11 heteroatoms. The quantitative estimate of drug-likeness (QED) is 0.520. The zero-order valence-corrected chi connectivity index (χ0v) is 17.6. The molecule has 3 heterocycles. The highest BCUT2D eigenvalue weighted by atomic mass is 79.9. The van der Waals surface area contributed by atoms with Crippen molar-refractivity contribution in [3.63, 3.8) is 0 Å². The molecule has 0 spiro atoms. The van der Waals surface area contributed by atoms with E-state index in [9.17, 15) is 9.18 Å². The maximum atomic E-state index is 13.4. The smallest absolute Gasteiger partial charge is 0.393 e. The van der Waals surface area contributed by atoms with Gasteiger partial charge >= 0.3 is 11.9 Å². The highest BCUT2D eigenvalue weighted by Gasteiger charge is 2.28. The summed E-state index contributed by atoms with van der Waals surface area (Å²) in [6.45, 7) is 1.47. The number of hydrogen-bond acceptors (Lipinski definition) is 6. The molecule has 152 valence electrons. The number of H-pyrrole nitrogens is 2. The standard InChI is InChI=1S/C18H17BrFN5O3S/c19-12-2-1-10(20)7-14(12)28-11-3-5-25(6-4-11)17-21-8-13-16(23-17)24-18(22-13)29-9-15(26)27/h1-2,7-8,11H,3-6,9H2,(H,26,27)(H,21,22,23,24)/p+1. The first-order valence-corrected chi connectivity index (χ1v) is 10.8. The fourth-order valence-electron chi connectivity index (χ4n) is 3.10. The second-order valence-corrected chi connectivity index (χ2v) is 8.38. The van der Waals surface area contributed by atoms with Gasteiger partial charge in [-0.1, -0.05) is 11.8 Å². The normalized spacial score (nSPS) is 15.0. The van der Waals surface area contributed by atoms with E-state index in [1.54, 1.807) is 12.3 Å². The summed E-state index contributed by atoms with van der Waals surface area (Å²) in [6, 6.07) is 4.41. The number of thioether (sulfide) groups is 1. The number of carboxylic acids is 1. The van der Waals surface area contributed by atoms with Gasteiger partial charge in [0.25, 0.3) is 5.65 Å². The minimum Gasteiger partial charge on any atom is -0.489 e. The molecule has 0 radical (unpaired) electrons. The van der Waals surface area contributed by atoms with Crippen LogP contribution >= 0.6 is 27.7 Å². The van der Waals surface area contributed by atoms with Crippen LogP contribution < -0.4 is 14.6 Å². The van der Waals surface area contributed by atoms with Crippen molar-refractivity contribution in [2.45, 2.75) is 24.1 Å². The van der Waals surface area contributed by atoms with E-state index in [2.05, 4.69) is 40.8 Å². The van der Waals surface area contributed by atoms with Crippen LogP contribution in [0.5, 0.6) is 5.75 Å². The van der Waals surface area contributed by atoms with E-state index in [1.807, 2.05) is 0 Å². The van der Waals surface area contributed by atoms with Gasteiger partial charge in [-0.25, -0.2) is 9.37 Å². The van der Waals surface area contributed by atoms with Crippen LogP contribution in [0.1, 0.15) is 12.8 Å². The summed E-state index contributed by atoms with van der Waals surface area (Å²) in [5, 5.41) is 9.31. The van der Waals surface area contributed by atoms with Gasteiger partial charge < -0.3 is 14.8 Å². The van der Waals surface area contributed by atoms with Crippen LogP contribution in [0, 0.1) is 5.82 Å². The second kappa shape index (κ2) is 8.54. The van der Waals surface area contributed by atoms with Crippen LogP contribution in [0.15, 0.2) is 34.0 Å². The number of nitrogens with one attached hydrogen (secondary N) is 2. The Morgan fingerprint density at radius 2 is 2.21 bits per heavy atom. The molecule has 8 nitrogen and oxygen atoms in total. The van der Waals surface area contributed by atoms with E-state index < -0.39 is 5.97 Å². The Morgan fingerprint density at radius 1 is 1.41 bits per heavy atom. The van der Waals surface area contributed by atoms with Gasteiger partial charge in [-0.2, -0.15) is 4.98 Å². The van der Waals surface area contributed by atoms with Crippen LogP contribution in [0.4, 0.5) is 10.3 Å². The fourth-order valence-corrected chi connectivity index (χ4v) is 4.04. The number of halogens is 2. The van der Waals surface area contributed by atoms with E-state index in [4.69, 9.17) is 9.84 Å². The number of aliphatic carboxylic acids is 1. The molecule has 1 fully saturated rings. The Hall–Kier alpha value is -2.40. The largest absolute Gasteiger partial charge is 0.489 e. The van der Waals surface area contributed by atoms with Crippen molar-refractivity contribution in [1.29, 1.82) is 0 Å². The van der Waals surface area contributed by atoms with E-state index in [1.165, 1.54) is 12.1 Å². The Bertz CT molecular complexity index is 1040. The maximum Gasteiger partial charge on any atom is 0.393 e. The maximum absolute atomic E-state index is 13.4. The lowest BCUT2D eigenvalue weighted by Gasteiger charge is -2.28. The fraction of sp³-hybridized carbons (Fsp3) is 0.333. The number of carbonyl (C=O) groups is 1. The SMILES string of the molecule is O=C(O)CSc1nc2nc(N3CCC(Oc4cc(F)ccc4Br)CC3)[nH+]cc2[nH]1. The molecule has 1 aromatic carbocycles. The summed E-state index contributed by atoms with van der Waals surface area (Å²) in [7, 11) is 0. The molecule has 1 aliphatic rings. The van der Waals surface area contributed by atoms with Crippen molar-refractivity contribution < 1.29 is 24.0 Å². The average Bonchev–Trinajstić information content (AvgIpc) is 3.12. The predicted octanol–water partition coefficient (Wildman–Crippen LogP) is 2.90. The molecule has 3 N–H and O–H groups in total. The number of rotatable bonds is 6. The molecular weight excluding hydrogens is 465 g/mol. The van der Waals surface area contributed by atoms with E-state index in [0.29, 0.717) is 22.5 Å². The molecule has 0 amide bonds. The molecule has 0 unspecified atom stereocenters. The molecule has 2 aromatic heterocycles. The van der Waals surface area contributed by atoms with Crippen LogP contribution in [0.2, 0.25) is 0 Å². The van der Waals surface area contributed by atoms with Gasteiger partial charge in [0, 0.05) is 18.9 Å². The lowest BCUT2D eigenvalue weighted by atomic mass is 10.1. The molecule has 1 aliphatic heterocycles. The van der Waals surface area contributed by atoms with Crippen molar-refractivity contribution in [1.82, 2.24) is 15.0 Å². The molecule has 1 saturated heterocycles. The number of hydrogen-bond donors (Lipinski definition) is 2. The average molecular weight is 483 g/mol. The lowest BCUT2D eigenvalue weighted by molar-refractivity contribution is -0.366. The number of aromatic amines is 2. The monoisotopic (exact) mass is 482 g/mol. The van der Waals surface area contributed by atoms with Crippen LogP contribution in [-0.2, 0) is 4.79 Å². The lowest BCUT2D eigenvalue weighted by Crippen LogP contribution is -2.41. The van der Waals surface area contributed by atoms with E-state index >= 15 is 0 Å². The molecule has 0 bridgehead atoms. The number of benzene rings is 1. The van der Waals surface area contributed by atoms with Gasteiger partial charge in [0.15, 0.2) is 5.16 Å². The Kier molecular flexibility index (Phi) is 5.86. The third-order valence-corrected chi connectivity index (χ3v) is 6.02. The second-order valence-electron chi connectivity index (χ2n) is 6.56. The molecule has 0 aliphatic carbocycles. The Labute approximate surface area is 178 Å². The Morgan fingerprint density at radius 3 is 2.97 bits per heavy atom. The highest BCUT2D eigenvalue weighted by Crippen LogP contribution is 2.29. The van der Waals surface area contributed by atoms with E-state index in [-0.39, 0.29) is 17.7 Å². The topological polar surface area (TPSA) is 105 Å². The molecular formula is C18H18BrFN5O3S+. The molecule has 4 rings (SSSR count). The first kappa shape index (κ1) is 19.9. The number of fused-ring (bicyclic) bond motifs is 1. The number of anilines is 1. The molecule has 0 atom stereocenters. The summed E-state index contributed by atoms with van der Waals surface area (Å²) in [4.78, 5) is 27.9. The van der Waals surface area contributed by atoms with Crippen LogP contribution in [0.25, 0.3) is 11.2 Å². The zero-order valence-electron chi connectivity index (χ0n) is 15.2. The summed E-state index contributed by atoms with van der Waals surface area (Å²) >= 11 is 4.51. The molecule has 29 heavy (non-hydrogen) atoms. The zero-order chi connectivity index (χ0) is 20.4. The number of piperidine rings is 1. The Balaban J connectivity index is 1.39. The number of imidazole rings is 1. The number of ether oxygens (including phenoxy) is 1. The van der Waals surface area contributed by atoms with Gasteiger partial charge in [0.1, 0.15) is 23.2 Å².